The van der Waals surface area contributed by atoms with Gasteiger partial charge in [-0.2, -0.15) is 0 Å². The van der Waals surface area contributed by atoms with Crippen LogP contribution in [0.4, 0.5) is 0 Å². The first-order chi connectivity index (χ1) is 9.78. The highest BCUT2D eigenvalue weighted by atomic mass is 79.9. The molecule has 0 aliphatic heterocycles. The zero-order valence-electron chi connectivity index (χ0n) is 11.1. The molecule has 1 atom stereocenters. The highest BCUT2D eigenvalue weighted by Crippen LogP contribution is 2.30. The molecule has 102 valence electrons. The first-order valence-electron chi connectivity index (χ1n) is 6.60. The van der Waals surface area contributed by atoms with Crippen molar-refractivity contribution in [2.45, 2.75) is 13.0 Å². The van der Waals surface area contributed by atoms with E-state index in [1.807, 2.05) is 18.3 Å². The second-order valence-electron chi connectivity index (χ2n) is 4.64. The van der Waals surface area contributed by atoms with Gasteiger partial charge in [0.1, 0.15) is 0 Å². The van der Waals surface area contributed by atoms with Gasteiger partial charge in [0.2, 0.25) is 0 Å². The molecular weight excluding hydrogens is 332 g/mol. The van der Waals surface area contributed by atoms with Gasteiger partial charge in [-0.15, -0.1) is 11.3 Å². The second-order valence-corrected chi connectivity index (χ2v) is 6.93. The smallest absolute Gasteiger partial charge is 0.0702 e. The van der Waals surface area contributed by atoms with Crippen LogP contribution in [0.5, 0.6) is 0 Å². The van der Waals surface area contributed by atoms with Gasteiger partial charge in [0.05, 0.1) is 15.3 Å². The number of nitrogens with one attached hydrogen (secondary N) is 1. The quantitative estimate of drug-likeness (QED) is 0.736. The number of nitrogens with zero attached hydrogens (tertiary/aromatic N) is 1. The van der Waals surface area contributed by atoms with Gasteiger partial charge in [0.15, 0.2) is 0 Å². The van der Waals surface area contributed by atoms with Crippen molar-refractivity contribution in [2.75, 3.05) is 6.54 Å². The number of hydrogen-bond acceptors (Lipinski definition) is 3. The van der Waals surface area contributed by atoms with Crippen molar-refractivity contribution in [3.8, 4) is 0 Å². The van der Waals surface area contributed by atoms with Gasteiger partial charge in [0.25, 0.3) is 0 Å². The number of para-hydroxylation sites is 1. The van der Waals surface area contributed by atoms with E-state index in [-0.39, 0.29) is 6.04 Å². The number of benzene rings is 1. The van der Waals surface area contributed by atoms with E-state index in [1.54, 1.807) is 11.3 Å². The highest BCUT2D eigenvalue weighted by Gasteiger charge is 2.15. The lowest BCUT2D eigenvalue weighted by atomic mass is 10.0. The fraction of sp³-hybridized carbons (Fsp3) is 0.188. The number of thiophene rings is 1. The zero-order valence-corrected chi connectivity index (χ0v) is 13.5. The molecule has 4 heteroatoms. The monoisotopic (exact) mass is 346 g/mol. The molecule has 0 aliphatic carbocycles. The fourth-order valence-electron chi connectivity index (χ4n) is 2.35. The third kappa shape index (κ3) is 2.77. The Morgan fingerprint density at radius 3 is 2.85 bits per heavy atom. The Morgan fingerprint density at radius 1 is 1.25 bits per heavy atom. The van der Waals surface area contributed by atoms with Gasteiger partial charge in [-0.25, -0.2) is 0 Å². The largest absolute Gasteiger partial charge is 0.306 e. The molecule has 2 aromatic heterocycles. The summed E-state index contributed by atoms with van der Waals surface area (Å²) in [7, 11) is 0. The molecule has 0 bridgehead atoms. The average Bonchev–Trinajstić information content (AvgIpc) is 2.90. The minimum Gasteiger partial charge on any atom is -0.306 e. The van der Waals surface area contributed by atoms with Gasteiger partial charge < -0.3 is 5.32 Å². The Morgan fingerprint density at radius 2 is 2.10 bits per heavy atom. The van der Waals surface area contributed by atoms with Crippen molar-refractivity contribution >= 4 is 38.2 Å². The first-order valence-corrected chi connectivity index (χ1v) is 8.27. The van der Waals surface area contributed by atoms with Crippen molar-refractivity contribution in [1.82, 2.24) is 10.3 Å². The maximum Gasteiger partial charge on any atom is 0.0702 e. The number of hydrogen-bond donors (Lipinski definition) is 1. The van der Waals surface area contributed by atoms with E-state index in [4.69, 9.17) is 0 Å². The summed E-state index contributed by atoms with van der Waals surface area (Å²) in [6, 6.07) is 12.8. The molecule has 3 rings (SSSR count). The molecule has 1 unspecified atom stereocenters. The molecule has 2 nitrogen and oxygen atoms in total. The fourth-order valence-corrected chi connectivity index (χ4v) is 3.55. The Bertz CT molecular complexity index is 723. The number of aromatic nitrogens is 1. The number of rotatable bonds is 4. The van der Waals surface area contributed by atoms with E-state index in [0.29, 0.717) is 0 Å². The van der Waals surface area contributed by atoms with Crippen LogP contribution in [0.15, 0.2) is 51.8 Å². The molecular formula is C16H15BrN2S. The lowest BCUT2D eigenvalue weighted by Gasteiger charge is -2.17. The molecule has 1 aromatic carbocycles. The van der Waals surface area contributed by atoms with Crippen molar-refractivity contribution < 1.29 is 0 Å². The summed E-state index contributed by atoms with van der Waals surface area (Å²) in [5.41, 5.74) is 3.52. The standard InChI is InChI=1S/C16H15BrN2S/c1-2-18-16(13-8-15(17)20-10-13)12-7-11-5-3-4-6-14(11)19-9-12/h3-10,16,18H,2H2,1H3. The van der Waals surface area contributed by atoms with E-state index < -0.39 is 0 Å². The van der Waals surface area contributed by atoms with E-state index in [1.165, 1.54) is 16.5 Å². The summed E-state index contributed by atoms with van der Waals surface area (Å²) < 4.78 is 1.16. The summed E-state index contributed by atoms with van der Waals surface area (Å²) in [5, 5.41) is 6.91. The Kier molecular flexibility index (Phi) is 4.15. The van der Waals surface area contributed by atoms with Gasteiger partial charge in [-0.3, -0.25) is 4.98 Å². The molecule has 0 aliphatic rings. The van der Waals surface area contributed by atoms with Crippen LogP contribution in [0.2, 0.25) is 0 Å². The van der Waals surface area contributed by atoms with Crippen molar-refractivity contribution in [3.05, 3.63) is 62.9 Å². The minimum atomic E-state index is 0.194. The van der Waals surface area contributed by atoms with Crippen LogP contribution in [-0.2, 0) is 0 Å². The van der Waals surface area contributed by atoms with Gasteiger partial charge in [-0.05, 0) is 57.2 Å². The van der Waals surface area contributed by atoms with Crippen molar-refractivity contribution in [2.24, 2.45) is 0 Å². The van der Waals surface area contributed by atoms with E-state index in [9.17, 15) is 0 Å². The zero-order chi connectivity index (χ0) is 13.9. The van der Waals surface area contributed by atoms with Crippen molar-refractivity contribution in [3.63, 3.8) is 0 Å². The topological polar surface area (TPSA) is 24.9 Å². The van der Waals surface area contributed by atoms with Crippen LogP contribution in [0.3, 0.4) is 0 Å². The van der Waals surface area contributed by atoms with Gasteiger partial charge >= 0.3 is 0 Å². The van der Waals surface area contributed by atoms with E-state index >= 15 is 0 Å². The Labute approximate surface area is 131 Å². The number of fused-ring (bicyclic) bond motifs is 1. The van der Waals surface area contributed by atoms with Crippen LogP contribution in [0, 0.1) is 0 Å². The van der Waals surface area contributed by atoms with Crippen LogP contribution in [0.1, 0.15) is 24.1 Å². The van der Waals surface area contributed by atoms with Gasteiger partial charge in [-0.1, -0.05) is 25.1 Å². The number of pyridine rings is 1. The second kappa shape index (κ2) is 6.04. The molecule has 0 saturated heterocycles. The Hall–Kier alpha value is -1.23. The maximum absolute atomic E-state index is 4.57. The highest BCUT2D eigenvalue weighted by molar-refractivity contribution is 9.11. The molecule has 20 heavy (non-hydrogen) atoms. The molecule has 0 fully saturated rings. The average molecular weight is 347 g/mol. The summed E-state index contributed by atoms with van der Waals surface area (Å²) in [5.74, 6) is 0. The van der Waals surface area contributed by atoms with Crippen molar-refractivity contribution in [1.29, 1.82) is 0 Å². The molecule has 2 heterocycles. The lowest BCUT2D eigenvalue weighted by molar-refractivity contribution is 0.631. The summed E-state index contributed by atoms with van der Waals surface area (Å²) in [6.07, 6.45) is 1.97. The lowest BCUT2D eigenvalue weighted by Crippen LogP contribution is -2.21. The van der Waals surface area contributed by atoms with Crippen LogP contribution >= 0.6 is 27.3 Å². The third-order valence-electron chi connectivity index (χ3n) is 3.27. The Balaban J connectivity index is 2.04. The van der Waals surface area contributed by atoms with E-state index in [0.717, 1.165) is 15.8 Å². The van der Waals surface area contributed by atoms with Crippen LogP contribution in [-0.4, -0.2) is 11.5 Å². The van der Waals surface area contributed by atoms with E-state index in [2.05, 4.69) is 62.8 Å². The molecule has 1 N–H and O–H groups in total. The number of halogens is 1. The molecule has 0 amide bonds. The van der Waals surface area contributed by atoms with Crippen LogP contribution in [0.25, 0.3) is 10.9 Å². The molecule has 0 spiro atoms. The predicted molar refractivity (Wildman–Crippen MR) is 89.3 cm³/mol. The molecule has 0 radical (unpaired) electrons. The normalized spacial score (nSPS) is 12.7. The van der Waals surface area contributed by atoms with Gasteiger partial charge in [0, 0.05) is 11.6 Å². The summed E-state index contributed by atoms with van der Waals surface area (Å²) in [4.78, 5) is 4.57. The third-order valence-corrected chi connectivity index (χ3v) is 4.80. The predicted octanol–water partition coefficient (Wildman–Crippen LogP) is 4.76. The molecule has 0 saturated carbocycles. The minimum absolute atomic E-state index is 0.194. The first kappa shape index (κ1) is 13.7. The molecule has 3 aromatic rings. The maximum atomic E-state index is 4.57. The SMILES string of the molecule is CCNC(c1csc(Br)c1)c1cnc2ccccc2c1. The van der Waals surface area contributed by atoms with Crippen LogP contribution < -0.4 is 5.32 Å². The summed E-state index contributed by atoms with van der Waals surface area (Å²) in [6.45, 7) is 3.05. The summed E-state index contributed by atoms with van der Waals surface area (Å²) >= 11 is 5.25.